The molecule has 0 saturated heterocycles. The fraction of sp³-hybridized carbons (Fsp3) is 0.389. The number of pyridine rings is 1. The lowest BCUT2D eigenvalue weighted by Crippen LogP contribution is -2.29. The topological polar surface area (TPSA) is 57.2 Å². The molecule has 2 N–H and O–H groups in total. The van der Waals surface area contributed by atoms with Crippen LogP contribution in [0.1, 0.15) is 48.7 Å². The van der Waals surface area contributed by atoms with Crippen LogP contribution in [0.4, 0.5) is 0 Å². The van der Waals surface area contributed by atoms with Gasteiger partial charge in [0.05, 0.1) is 12.6 Å². The SMILES string of the molecule is CCOc1ccc(C(N)c2ccc(C)n(C3CC3)c2=O)cc1. The van der Waals surface area contributed by atoms with Crippen molar-refractivity contribution in [3.05, 3.63) is 63.6 Å². The lowest BCUT2D eigenvalue weighted by Gasteiger charge is -2.16. The quantitative estimate of drug-likeness (QED) is 0.923. The Balaban J connectivity index is 1.93. The van der Waals surface area contributed by atoms with Crippen LogP contribution < -0.4 is 16.0 Å². The molecule has 1 aromatic heterocycles. The van der Waals surface area contributed by atoms with Crippen molar-refractivity contribution in [3.8, 4) is 5.75 Å². The monoisotopic (exact) mass is 298 g/mol. The van der Waals surface area contributed by atoms with Gasteiger partial charge in [-0.2, -0.15) is 0 Å². The van der Waals surface area contributed by atoms with Crippen LogP contribution in [0.15, 0.2) is 41.2 Å². The molecule has 1 fully saturated rings. The third-order valence-corrected chi connectivity index (χ3v) is 4.15. The van der Waals surface area contributed by atoms with Crippen LogP contribution in [0.5, 0.6) is 5.75 Å². The number of benzene rings is 1. The van der Waals surface area contributed by atoms with Crippen molar-refractivity contribution in [2.45, 2.75) is 38.8 Å². The van der Waals surface area contributed by atoms with Gasteiger partial charge in [-0.1, -0.05) is 12.1 Å². The Morgan fingerprint density at radius 1 is 1.23 bits per heavy atom. The Hall–Kier alpha value is -2.07. The minimum atomic E-state index is -0.409. The first kappa shape index (κ1) is 14.9. The molecule has 1 unspecified atom stereocenters. The lowest BCUT2D eigenvalue weighted by atomic mass is 10.0. The number of ether oxygens (including phenoxy) is 1. The van der Waals surface area contributed by atoms with Gasteiger partial charge in [0.25, 0.3) is 5.56 Å². The summed E-state index contributed by atoms with van der Waals surface area (Å²) in [6, 6.07) is 11.4. The number of hydrogen-bond donors (Lipinski definition) is 1. The van der Waals surface area contributed by atoms with Gasteiger partial charge in [-0.05, 0) is 56.5 Å². The molecule has 0 amide bonds. The Morgan fingerprint density at radius 3 is 2.50 bits per heavy atom. The number of aromatic nitrogens is 1. The fourth-order valence-corrected chi connectivity index (χ4v) is 2.80. The van der Waals surface area contributed by atoms with Crippen molar-refractivity contribution in [3.63, 3.8) is 0 Å². The van der Waals surface area contributed by atoms with Gasteiger partial charge in [0.2, 0.25) is 0 Å². The molecule has 3 rings (SSSR count). The molecule has 4 heteroatoms. The molecule has 22 heavy (non-hydrogen) atoms. The predicted molar refractivity (Wildman–Crippen MR) is 87.4 cm³/mol. The van der Waals surface area contributed by atoms with Crippen molar-refractivity contribution in [1.29, 1.82) is 0 Å². The number of nitrogens with zero attached hydrogens (tertiary/aromatic N) is 1. The van der Waals surface area contributed by atoms with Gasteiger partial charge in [-0.3, -0.25) is 4.79 Å². The molecule has 1 aliphatic carbocycles. The van der Waals surface area contributed by atoms with E-state index in [0.717, 1.165) is 29.8 Å². The summed E-state index contributed by atoms with van der Waals surface area (Å²) < 4.78 is 7.33. The zero-order chi connectivity index (χ0) is 15.7. The molecule has 1 atom stereocenters. The zero-order valence-corrected chi connectivity index (χ0v) is 13.1. The molecule has 1 aliphatic rings. The van der Waals surface area contributed by atoms with E-state index in [1.807, 2.05) is 54.8 Å². The van der Waals surface area contributed by atoms with Crippen LogP contribution in [0, 0.1) is 6.92 Å². The van der Waals surface area contributed by atoms with Crippen molar-refractivity contribution >= 4 is 0 Å². The lowest BCUT2D eigenvalue weighted by molar-refractivity contribution is 0.340. The van der Waals surface area contributed by atoms with E-state index in [9.17, 15) is 4.79 Å². The number of nitrogens with two attached hydrogens (primary N) is 1. The van der Waals surface area contributed by atoms with Gasteiger partial charge in [0, 0.05) is 17.3 Å². The van der Waals surface area contributed by atoms with Gasteiger partial charge in [0.15, 0.2) is 0 Å². The highest BCUT2D eigenvalue weighted by Crippen LogP contribution is 2.34. The van der Waals surface area contributed by atoms with Crippen LogP contribution >= 0.6 is 0 Å². The largest absolute Gasteiger partial charge is 0.494 e. The molecule has 0 radical (unpaired) electrons. The molecule has 1 aromatic carbocycles. The van der Waals surface area contributed by atoms with Gasteiger partial charge in [0.1, 0.15) is 5.75 Å². The number of aryl methyl sites for hydroxylation is 1. The molecular weight excluding hydrogens is 276 g/mol. The maximum absolute atomic E-state index is 12.7. The summed E-state index contributed by atoms with van der Waals surface area (Å²) >= 11 is 0. The highest BCUT2D eigenvalue weighted by atomic mass is 16.5. The number of hydrogen-bond acceptors (Lipinski definition) is 3. The summed E-state index contributed by atoms with van der Waals surface area (Å²) in [4.78, 5) is 12.7. The normalized spacial score (nSPS) is 15.6. The Bertz CT molecular complexity index is 715. The summed E-state index contributed by atoms with van der Waals surface area (Å²) in [5.41, 5.74) is 8.96. The Morgan fingerprint density at radius 2 is 1.91 bits per heavy atom. The van der Waals surface area contributed by atoms with Crippen LogP contribution in [-0.4, -0.2) is 11.2 Å². The van der Waals surface area contributed by atoms with Crippen LogP contribution in [-0.2, 0) is 0 Å². The van der Waals surface area contributed by atoms with E-state index in [1.54, 1.807) is 0 Å². The minimum absolute atomic E-state index is 0.0453. The average Bonchev–Trinajstić information content (AvgIpc) is 3.33. The Kier molecular flexibility index (Phi) is 4.03. The molecule has 1 saturated carbocycles. The van der Waals surface area contributed by atoms with Crippen LogP contribution in [0.3, 0.4) is 0 Å². The van der Waals surface area contributed by atoms with Gasteiger partial charge >= 0.3 is 0 Å². The van der Waals surface area contributed by atoms with E-state index in [1.165, 1.54) is 0 Å². The van der Waals surface area contributed by atoms with Gasteiger partial charge in [-0.15, -0.1) is 0 Å². The second-order valence-corrected chi connectivity index (χ2v) is 5.82. The highest BCUT2D eigenvalue weighted by molar-refractivity contribution is 5.35. The Labute approximate surface area is 130 Å². The van der Waals surface area contributed by atoms with E-state index in [0.29, 0.717) is 18.2 Å². The summed E-state index contributed by atoms with van der Waals surface area (Å²) in [7, 11) is 0. The summed E-state index contributed by atoms with van der Waals surface area (Å²) in [6.07, 6.45) is 2.17. The van der Waals surface area contributed by atoms with E-state index in [-0.39, 0.29) is 5.56 Å². The second-order valence-electron chi connectivity index (χ2n) is 5.82. The van der Waals surface area contributed by atoms with Crippen LogP contribution in [0.25, 0.3) is 0 Å². The van der Waals surface area contributed by atoms with Crippen molar-refractivity contribution in [1.82, 2.24) is 4.57 Å². The molecule has 4 nitrogen and oxygen atoms in total. The maximum atomic E-state index is 12.7. The average molecular weight is 298 g/mol. The third kappa shape index (κ3) is 2.79. The molecule has 116 valence electrons. The predicted octanol–water partition coefficient (Wildman–Crippen LogP) is 2.94. The first-order valence-corrected chi connectivity index (χ1v) is 7.82. The van der Waals surface area contributed by atoms with Crippen LogP contribution in [0.2, 0.25) is 0 Å². The van der Waals surface area contributed by atoms with E-state index < -0.39 is 6.04 Å². The number of rotatable bonds is 5. The summed E-state index contributed by atoms with van der Waals surface area (Å²) in [5.74, 6) is 0.817. The zero-order valence-electron chi connectivity index (χ0n) is 13.1. The van der Waals surface area contributed by atoms with E-state index in [2.05, 4.69) is 0 Å². The fourth-order valence-electron chi connectivity index (χ4n) is 2.80. The van der Waals surface area contributed by atoms with Gasteiger partial charge < -0.3 is 15.0 Å². The highest BCUT2D eigenvalue weighted by Gasteiger charge is 2.27. The molecule has 2 aromatic rings. The summed E-state index contributed by atoms with van der Waals surface area (Å²) in [5, 5.41) is 0. The first-order chi connectivity index (χ1) is 10.6. The van der Waals surface area contributed by atoms with Crippen molar-refractivity contribution in [2.75, 3.05) is 6.61 Å². The van der Waals surface area contributed by atoms with Crippen molar-refractivity contribution < 1.29 is 4.74 Å². The smallest absolute Gasteiger partial charge is 0.256 e. The summed E-state index contributed by atoms with van der Waals surface area (Å²) in [6.45, 7) is 4.56. The molecule has 0 spiro atoms. The maximum Gasteiger partial charge on any atom is 0.256 e. The van der Waals surface area contributed by atoms with Gasteiger partial charge in [-0.25, -0.2) is 0 Å². The molecule has 0 bridgehead atoms. The molecule has 0 aliphatic heterocycles. The first-order valence-electron chi connectivity index (χ1n) is 7.82. The van der Waals surface area contributed by atoms with E-state index >= 15 is 0 Å². The third-order valence-electron chi connectivity index (χ3n) is 4.15. The van der Waals surface area contributed by atoms with E-state index in [4.69, 9.17) is 10.5 Å². The molecule has 1 heterocycles. The second kappa shape index (κ2) is 5.97. The standard InChI is InChI=1S/C18H22N2O2/c1-3-22-15-9-5-13(6-10-15)17(19)16-11-4-12(2)20(18(16)21)14-7-8-14/h4-6,9-11,14,17H,3,7-8,19H2,1-2H3. The van der Waals surface area contributed by atoms with Crippen molar-refractivity contribution in [2.24, 2.45) is 5.73 Å². The molecular formula is C18H22N2O2. The minimum Gasteiger partial charge on any atom is -0.494 e.